The fourth-order valence-corrected chi connectivity index (χ4v) is 3.40. The summed E-state index contributed by atoms with van der Waals surface area (Å²) in [5, 5.41) is 0. The normalized spacial score (nSPS) is 47.0. The largest absolute Gasteiger partial charge is 0.0623 e. The first kappa shape index (κ1) is 8.59. The van der Waals surface area contributed by atoms with Crippen LogP contribution in [0, 0.1) is 23.2 Å². The van der Waals surface area contributed by atoms with E-state index in [1.54, 1.807) is 0 Å². The van der Waals surface area contributed by atoms with Crippen molar-refractivity contribution in [3.8, 4) is 0 Å². The van der Waals surface area contributed by atoms with Gasteiger partial charge in [0.2, 0.25) is 0 Å². The third-order valence-corrected chi connectivity index (χ3v) is 4.67. The topological polar surface area (TPSA) is 0 Å². The highest BCUT2D eigenvalue weighted by molar-refractivity contribution is 4.95. The van der Waals surface area contributed by atoms with E-state index < -0.39 is 0 Å². The van der Waals surface area contributed by atoms with Crippen LogP contribution in [-0.2, 0) is 0 Å². The highest BCUT2D eigenvalue weighted by atomic mass is 14.5. The van der Waals surface area contributed by atoms with Gasteiger partial charge in [-0.1, -0.05) is 40.0 Å². The molecule has 0 saturated heterocycles. The lowest BCUT2D eigenvalue weighted by Crippen LogP contribution is -2.20. The molecule has 2 rings (SSSR count). The lowest BCUT2D eigenvalue weighted by Gasteiger charge is -2.29. The average molecular weight is 166 g/mol. The van der Waals surface area contributed by atoms with Crippen LogP contribution in [0.15, 0.2) is 0 Å². The number of hydrogen-bond acceptors (Lipinski definition) is 0. The molecule has 2 unspecified atom stereocenters. The lowest BCUT2D eigenvalue weighted by molar-refractivity contribution is 0.208. The third kappa shape index (κ3) is 1.20. The SMILES string of the molecule is CC(C)C1(C)CC2CCCC2C1. The number of fused-ring (bicyclic) bond motifs is 1. The Bertz CT molecular complexity index is 157. The van der Waals surface area contributed by atoms with E-state index >= 15 is 0 Å². The quantitative estimate of drug-likeness (QED) is 0.555. The van der Waals surface area contributed by atoms with Crippen LogP contribution in [0.5, 0.6) is 0 Å². The van der Waals surface area contributed by atoms with Crippen molar-refractivity contribution in [2.45, 2.75) is 52.9 Å². The van der Waals surface area contributed by atoms with Crippen molar-refractivity contribution < 1.29 is 0 Å². The fraction of sp³-hybridized carbons (Fsp3) is 1.00. The summed E-state index contributed by atoms with van der Waals surface area (Å²) in [6, 6.07) is 0. The van der Waals surface area contributed by atoms with Gasteiger partial charge in [0.1, 0.15) is 0 Å². The van der Waals surface area contributed by atoms with Crippen LogP contribution in [0.4, 0.5) is 0 Å². The van der Waals surface area contributed by atoms with E-state index in [0.29, 0.717) is 5.41 Å². The molecule has 2 saturated carbocycles. The summed E-state index contributed by atoms with van der Waals surface area (Å²) in [5.41, 5.74) is 0.690. The Morgan fingerprint density at radius 1 is 1.08 bits per heavy atom. The fourth-order valence-electron chi connectivity index (χ4n) is 3.40. The van der Waals surface area contributed by atoms with Gasteiger partial charge in [-0.05, 0) is 36.0 Å². The number of rotatable bonds is 1. The molecule has 0 radical (unpaired) electrons. The van der Waals surface area contributed by atoms with Gasteiger partial charge in [0.15, 0.2) is 0 Å². The zero-order valence-electron chi connectivity index (χ0n) is 8.77. The second kappa shape index (κ2) is 2.75. The van der Waals surface area contributed by atoms with E-state index in [0.717, 1.165) is 17.8 Å². The average Bonchev–Trinajstić information content (AvgIpc) is 2.44. The van der Waals surface area contributed by atoms with Crippen LogP contribution < -0.4 is 0 Å². The standard InChI is InChI=1S/C12H22/c1-9(2)12(3)7-10-5-4-6-11(10)8-12/h9-11H,4-8H2,1-3H3. The van der Waals surface area contributed by atoms with Gasteiger partial charge < -0.3 is 0 Å². The molecule has 2 atom stereocenters. The summed E-state index contributed by atoms with van der Waals surface area (Å²) in [6.45, 7) is 7.32. The minimum Gasteiger partial charge on any atom is -0.0623 e. The van der Waals surface area contributed by atoms with E-state index in [-0.39, 0.29) is 0 Å². The Morgan fingerprint density at radius 2 is 1.58 bits per heavy atom. The van der Waals surface area contributed by atoms with Crippen molar-refractivity contribution in [1.29, 1.82) is 0 Å². The maximum absolute atomic E-state index is 2.51. The molecule has 0 heterocycles. The molecule has 0 heteroatoms. The monoisotopic (exact) mass is 166 g/mol. The molecule has 0 aromatic carbocycles. The zero-order valence-corrected chi connectivity index (χ0v) is 8.77. The minimum atomic E-state index is 0.690. The van der Waals surface area contributed by atoms with Gasteiger partial charge in [0.05, 0.1) is 0 Å². The van der Waals surface area contributed by atoms with Gasteiger partial charge in [0.25, 0.3) is 0 Å². The smallest absolute Gasteiger partial charge is 0.0297 e. The molecule has 0 amide bonds. The Morgan fingerprint density at radius 3 is 2.00 bits per heavy atom. The Balaban J connectivity index is 2.06. The molecular weight excluding hydrogens is 144 g/mol. The Kier molecular flexibility index (Phi) is 1.97. The van der Waals surface area contributed by atoms with Gasteiger partial charge in [-0.15, -0.1) is 0 Å². The summed E-state index contributed by atoms with van der Waals surface area (Å²) < 4.78 is 0. The van der Waals surface area contributed by atoms with Crippen LogP contribution in [0.25, 0.3) is 0 Å². The van der Waals surface area contributed by atoms with Crippen molar-refractivity contribution in [2.75, 3.05) is 0 Å². The minimum absolute atomic E-state index is 0.690. The van der Waals surface area contributed by atoms with Gasteiger partial charge in [-0.3, -0.25) is 0 Å². The van der Waals surface area contributed by atoms with Crippen molar-refractivity contribution in [3.05, 3.63) is 0 Å². The Labute approximate surface area is 76.7 Å². The predicted octanol–water partition coefficient (Wildman–Crippen LogP) is 3.86. The van der Waals surface area contributed by atoms with E-state index in [2.05, 4.69) is 20.8 Å². The summed E-state index contributed by atoms with van der Waals surface area (Å²) in [7, 11) is 0. The molecule has 2 aliphatic carbocycles. The second-order valence-electron chi connectivity index (χ2n) is 5.67. The molecule has 0 N–H and O–H groups in total. The molecule has 2 fully saturated rings. The molecule has 0 spiro atoms. The second-order valence-corrected chi connectivity index (χ2v) is 5.67. The highest BCUT2D eigenvalue weighted by Gasteiger charge is 2.45. The molecule has 0 bridgehead atoms. The van der Waals surface area contributed by atoms with Crippen LogP contribution in [0.3, 0.4) is 0 Å². The summed E-state index contributed by atoms with van der Waals surface area (Å²) in [5.74, 6) is 3.11. The van der Waals surface area contributed by atoms with E-state index in [1.807, 2.05) is 0 Å². The summed E-state index contributed by atoms with van der Waals surface area (Å²) in [6.07, 6.45) is 7.63. The zero-order chi connectivity index (χ0) is 8.77. The number of hydrogen-bond donors (Lipinski definition) is 0. The lowest BCUT2D eigenvalue weighted by atomic mass is 9.76. The maximum Gasteiger partial charge on any atom is -0.0297 e. The first-order valence-corrected chi connectivity index (χ1v) is 5.62. The molecule has 12 heavy (non-hydrogen) atoms. The van der Waals surface area contributed by atoms with Crippen molar-refractivity contribution in [2.24, 2.45) is 23.2 Å². The van der Waals surface area contributed by atoms with Crippen LogP contribution >= 0.6 is 0 Å². The Hall–Kier alpha value is 0. The molecular formula is C12H22. The van der Waals surface area contributed by atoms with Crippen molar-refractivity contribution in [3.63, 3.8) is 0 Å². The first-order chi connectivity index (χ1) is 5.62. The van der Waals surface area contributed by atoms with E-state index in [4.69, 9.17) is 0 Å². The van der Waals surface area contributed by atoms with Crippen LogP contribution in [0.1, 0.15) is 52.9 Å². The van der Waals surface area contributed by atoms with Gasteiger partial charge in [-0.2, -0.15) is 0 Å². The summed E-state index contributed by atoms with van der Waals surface area (Å²) >= 11 is 0. The maximum atomic E-state index is 2.51. The highest BCUT2D eigenvalue weighted by Crippen LogP contribution is 2.55. The molecule has 2 aliphatic rings. The third-order valence-electron chi connectivity index (χ3n) is 4.67. The van der Waals surface area contributed by atoms with Crippen LogP contribution in [0.2, 0.25) is 0 Å². The van der Waals surface area contributed by atoms with Crippen molar-refractivity contribution >= 4 is 0 Å². The van der Waals surface area contributed by atoms with E-state index in [9.17, 15) is 0 Å². The van der Waals surface area contributed by atoms with Gasteiger partial charge in [-0.25, -0.2) is 0 Å². The summed E-state index contributed by atoms with van der Waals surface area (Å²) in [4.78, 5) is 0. The molecule has 0 aromatic rings. The molecule has 70 valence electrons. The van der Waals surface area contributed by atoms with Crippen molar-refractivity contribution in [1.82, 2.24) is 0 Å². The molecule has 0 aromatic heterocycles. The predicted molar refractivity (Wildman–Crippen MR) is 53.0 cm³/mol. The van der Waals surface area contributed by atoms with Gasteiger partial charge >= 0.3 is 0 Å². The van der Waals surface area contributed by atoms with Gasteiger partial charge in [0, 0.05) is 0 Å². The molecule has 0 aliphatic heterocycles. The first-order valence-electron chi connectivity index (χ1n) is 5.62. The van der Waals surface area contributed by atoms with Crippen LogP contribution in [-0.4, -0.2) is 0 Å². The van der Waals surface area contributed by atoms with E-state index in [1.165, 1.54) is 32.1 Å². The molecule has 0 nitrogen and oxygen atoms in total.